The van der Waals surface area contributed by atoms with Crippen molar-refractivity contribution in [2.75, 3.05) is 18.6 Å². The summed E-state index contributed by atoms with van der Waals surface area (Å²) in [5, 5.41) is 7.57. The average Bonchev–Trinajstić information content (AvgIpc) is 2.77. The Balaban J connectivity index is 2.86. The van der Waals surface area contributed by atoms with Crippen LogP contribution in [0.5, 0.6) is 0 Å². The fourth-order valence-electron chi connectivity index (χ4n) is 1.82. The first-order valence-electron chi connectivity index (χ1n) is 6.58. The van der Waals surface area contributed by atoms with Crippen molar-refractivity contribution >= 4 is 21.4 Å². The molecule has 0 saturated carbocycles. The van der Waals surface area contributed by atoms with Gasteiger partial charge >= 0.3 is 0 Å². The molecule has 19 heavy (non-hydrogen) atoms. The first-order valence-corrected chi connectivity index (χ1v) is 9.41. The monoisotopic (exact) mass is 305 g/mol. The second-order valence-electron chi connectivity index (χ2n) is 5.10. The molecule has 1 N–H and O–H groups in total. The molecule has 5 nitrogen and oxygen atoms in total. The zero-order valence-electron chi connectivity index (χ0n) is 12.0. The van der Waals surface area contributed by atoms with Gasteiger partial charge in [0.1, 0.15) is 9.84 Å². The third-order valence-corrected chi connectivity index (χ3v) is 4.65. The second kappa shape index (κ2) is 7.31. The molecule has 0 fully saturated rings. The van der Waals surface area contributed by atoms with Crippen LogP contribution in [0.4, 0.5) is 0 Å². The Kier molecular flexibility index (Phi) is 6.35. The Morgan fingerprint density at radius 1 is 1.37 bits per heavy atom. The minimum Gasteiger partial charge on any atom is -0.309 e. The standard InChI is InChI=1S/C12H23N3O2S2/c1-5-7-13-10(6-8-19(4,16)17)12-11(9(2)3)14-15-18-12/h9-10,13H,5-8H2,1-4H3. The van der Waals surface area contributed by atoms with Crippen molar-refractivity contribution in [2.45, 2.75) is 45.6 Å². The zero-order valence-corrected chi connectivity index (χ0v) is 13.6. The van der Waals surface area contributed by atoms with Crippen molar-refractivity contribution in [3.63, 3.8) is 0 Å². The topological polar surface area (TPSA) is 72.0 Å². The van der Waals surface area contributed by atoms with E-state index in [9.17, 15) is 8.42 Å². The molecule has 1 rings (SSSR count). The van der Waals surface area contributed by atoms with Crippen molar-refractivity contribution in [1.29, 1.82) is 0 Å². The van der Waals surface area contributed by atoms with Gasteiger partial charge in [-0.2, -0.15) is 0 Å². The molecule has 1 heterocycles. The number of sulfone groups is 1. The molecule has 0 aliphatic carbocycles. The fourth-order valence-corrected chi connectivity index (χ4v) is 3.40. The summed E-state index contributed by atoms with van der Waals surface area (Å²) in [5.74, 6) is 0.488. The number of nitrogens with one attached hydrogen (secondary N) is 1. The van der Waals surface area contributed by atoms with Crippen LogP contribution < -0.4 is 5.32 Å². The molecule has 7 heteroatoms. The minimum atomic E-state index is -2.94. The number of hydrogen-bond donors (Lipinski definition) is 1. The van der Waals surface area contributed by atoms with Gasteiger partial charge in [-0.15, -0.1) is 5.10 Å². The highest BCUT2D eigenvalue weighted by Crippen LogP contribution is 2.28. The summed E-state index contributed by atoms with van der Waals surface area (Å²) in [6.45, 7) is 7.11. The van der Waals surface area contributed by atoms with Crippen LogP contribution >= 0.6 is 11.5 Å². The van der Waals surface area contributed by atoms with Crippen LogP contribution in [-0.4, -0.2) is 36.6 Å². The maximum atomic E-state index is 11.3. The molecule has 0 spiro atoms. The van der Waals surface area contributed by atoms with Crippen LogP contribution in [-0.2, 0) is 9.84 Å². The summed E-state index contributed by atoms with van der Waals surface area (Å²) in [6, 6.07) is 0.0343. The van der Waals surface area contributed by atoms with E-state index in [4.69, 9.17) is 0 Å². The predicted molar refractivity (Wildman–Crippen MR) is 79.4 cm³/mol. The molecule has 1 aromatic rings. The summed E-state index contributed by atoms with van der Waals surface area (Å²) < 4.78 is 26.7. The van der Waals surface area contributed by atoms with Crippen molar-refractivity contribution in [3.05, 3.63) is 10.6 Å². The lowest BCUT2D eigenvalue weighted by Gasteiger charge is -2.18. The van der Waals surface area contributed by atoms with Gasteiger partial charge < -0.3 is 5.32 Å². The van der Waals surface area contributed by atoms with Crippen LogP contribution in [0.15, 0.2) is 0 Å². The van der Waals surface area contributed by atoms with Crippen molar-refractivity contribution in [2.24, 2.45) is 0 Å². The third-order valence-electron chi connectivity index (χ3n) is 2.82. The fraction of sp³-hybridized carbons (Fsp3) is 0.833. The molecule has 0 aliphatic heterocycles. The van der Waals surface area contributed by atoms with Gasteiger partial charge in [-0.1, -0.05) is 25.3 Å². The molecule has 1 unspecified atom stereocenters. The van der Waals surface area contributed by atoms with E-state index in [2.05, 4.69) is 35.7 Å². The Bertz CT molecular complexity index is 483. The molecule has 0 amide bonds. The Morgan fingerprint density at radius 2 is 2.05 bits per heavy atom. The number of rotatable bonds is 8. The Hall–Kier alpha value is -0.530. The summed E-state index contributed by atoms with van der Waals surface area (Å²) in [4.78, 5) is 1.08. The zero-order chi connectivity index (χ0) is 14.5. The van der Waals surface area contributed by atoms with E-state index in [-0.39, 0.29) is 11.8 Å². The summed E-state index contributed by atoms with van der Waals surface area (Å²) in [6.07, 6.45) is 2.86. The van der Waals surface area contributed by atoms with E-state index in [1.54, 1.807) is 0 Å². The third kappa shape index (κ3) is 5.54. The molecule has 0 aliphatic rings. The lowest BCUT2D eigenvalue weighted by atomic mass is 10.0. The van der Waals surface area contributed by atoms with Crippen molar-refractivity contribution in [3.8, 4) is 0 Å². The highest BCUT2D eigenvalue weighted by Gasteiger charge is 2.21. The quantitative estimate of drug-likeness (QED) is 0.796. The molecule has 0 aromatic carbocycles. The van der Waals surface area contributed by atoms with Gasteiger partial charge in [0.15, 0.2) is 0 Å². The molecule has 1 aromatic heterocycles. The Morgan fingerprint density at radius 3 is 2.58 bits per heavy atom. The number of aromatic nitrogens is 2. The minimum absolute atomic E-state index is 0.0343. The highest BCUT2D eigenvalue weighted by atomic mass is 32.2. The van der Waals surface area contributed by atoms with Gasteiger partial charge in [-0.05, 0) is 36.8 Å². The molecular formula is C12H23N3O2S2. The molecule has 1 atom stereocenters. The van der Waals surface area contributed by atoms with E-state index in [0.29, 0.717) is 12.3 Å². The largest absolute Gasteiger partial charge is 0.309 e. The van der Waals surface area contributed by atoms with Crippen molar-refractivity contribution in [1.82, 2.24) is 14.9 Å². The summed E-state index contributed by atoms with van der Waals surface area (Å²) in [5.41, 5.74) is 0.979. The van der Waals surface area contributed by atoms with E-state index in [1.165, 1.54) is 17.8 Å². The van der Waals surface area contributed by atoms with Gasteiger partial charge in [0.2, 0.25) is 0 Å². The van der Waals surface area contributed by atoms with E-state index in [0.717, 1.165) is 23.5 Å². The Labute approximate surface area is 119 Å². The van der Waals surface area contributed by atoms with Gasteiger partial charge in [0.05, 0.1) is 16.3 Å². The van der Waals surface area contributed by atoms with Gasteiger partial charge in [0.25, 0.3) is 0 Å². The SMILES string of the molecule is CCCNC(CCS(C)(=O)=O)c1snnc1C(C)C. The maximum Gasteiger partial charge on any atom is 0.147 e. The first-order chi connectivity index (χ1) is 8.85. The van der Waals surface area contributed by atoms with E-state index >= 15 is 0 Å². The summed E-state index contributed by atoms with van der Waals surface area (Å²) in [7, 11) is -2.94. The van der Waals surface area contributed by atoms with Crippen LogP contribution in [0.1, 0.15) is 56.1 Å². The predicted octanol–water partition coefficient (Wildman–Crippen LogP) is 2.14. The average molecular weight is 305 g/mol. The molecule has 0 radical (unpaired) electrons. The van der Waals surface area contributed by atoms with Crippen molar-refractivity contribution < 1.29 is 8.42 Å². The van der Waals surface area contributed by atoms with Gasteiger partial charge in [0, 0.05) is 12.3 Å². The summed E-state index contributed by atoms with van der Waals surface area (Å²) >= 11 is 1.37. The van der Waals surface area contributed by atoms with Gasteiger partial charge in [-0.3, -0.25) is 0 Å². The lowest BCUT2D eigenvalue weighted by Crippen LogP contribution is -2.24. The molecule has 0 bridgehead atoms. The van der Waals surface area contributed by atoms with E-state index < -0.39 is 9.84 Å². The smallest absolute Gasteiger partial charge is 0.147 e. The first kappa shape index (κ1) is 16.5. The van der Waals surface area contributed by atoms with Crippen LogP contribution in [0, 0.1) is 0 Å². The molecule has 110 valence electrons. The van der Waals surface area contributed by atoms with Gasteiger partial charge in [-0.25, -0.2) is 8.42 Å². The van der Waals surface area contributed by atoms with Crippen LogP contribution in [0.2, 0.25) is 0 Å². The highest BCUT2D eigenvalue weighted by molar-refractivity contribution is 7.90. The number of nitrogens with zero attached hydrogens (tertiary/aromatic N) is 2. The van der Waals surface area contributed by atoms with E-state index in [1.807, 2.05) is 0 Å². The molecular weight excluding hydrogens is 282 g/mol. The normalized spacial score (nSPS) is 13.9. The van der Waals surface area contributed by atoms with Crippen LogP contribution in [0.3, 0.4) is 0 Å². The second-order valence-corrected chi connectivity index (χ2v) is 8.15. The number of hydrogen-bond acceptors (Lipinski definition) is 6. The molecule has 0 saturated heterocycles. The lowest BCUT2D eigenvalue weighted by molar-refractivity contribution is 0.514. The maximum absolute atomic E-state index is 11.3. The van der Waals surface area contributed by atoms with Crippen LogP contribution in [0.25, 0.3) is 0 Å².